The topological polar surface area (TPSA) is 62.2 Å². The van der Waals surface area contributed by atoms with E-state index >= 15 is 0 Å². The minimum Gasteiger partial charge on any atom is -0.355 e. The van der Waals surface area contributed by atoms with Crippen molar-refractivity contribution in [2.45, 2.75) is 19.1 Å². The zero-order chi connectivity index (χ0) is 16.7. The van der Waals surface area contributed by atoms with Gasteiger partial charge in [-0.2, -0.15) is 18.3 Å². The number of nitrogens with one attached hydrogen (secondary N) is 2. The van der Waals surface area contributed by atoms with Crippen molar-refractivity contribution in [2.75, 3.05) is 39.3 Å². The highest BCUT2D eigenvalue weighted by atomic mass is 19.4. The van der Waals surface area contributed by atoms with Gasteiger partial charge in [0, 0.05) is 32.0 Å². The van der Waals surface area contributed by atoms with Crippen LogP contribution in [0.1, 0.15) is 6.42 Å². The van der Waals surface area contributed by atoms with E-state index in [9.17, 15) is 18.0 Å². The van der Waals surface area contributed by atoms with Gasteiger partial charge >= 0.3 is 6.18 Å². The van der Waals surface area contributed by atoms with Crippen molar-refractivity contribution < 1.29 is 18.0 Å². The molecule has 0 bridgehead atoms. The number of hydrogen-bond donors (Lipinski definition) is 2. The van der Waals surface area contributed by atoms with Crippen molar-refractivity contribution in [3.63, 3.8) is 0 Å². The molecule has 1 atom stereocenters. The third-order valence-corrected chi connectivity index (χ3v) is 3.72. The second kappa shape index (κ2) is 8.30. The van der Waals surface area contributed by atoms with Crippen LogP contribution in [0, 0.1) is 5.92 Å². The van der Waals surface area contributed by atoms with E-state index in [-0.39, 0.29) is 18.4 Å². The fourth-order valence-electron chi connectivity index (χ4n) is 2.63. The Morgan fingerprint density at radius 1 is 1.39 bits per heavy atom. The van der Waals surface area contributed by atoms with Gasteiger partial charge in [-0.3, -0.25) is 14.4 Å². The normalized spacial score (nSPS) is 19.2. The van der Waals surface area contributed by atoms with Crippen LogP contribution in [0.25, 0.3) is 0 Å². The van der Waals surface area contributed by atoms with Crippen LogP contribution in [-0.2, 0) is 11.3 Å². The number of carbonyl (C=O) groups excluding carboxylic acids is 1. The summed E-state index contributed by atoms with van der Waals surface area (Å²) < 4.78 is 38.7. The summed E-state index contributed by atoms with van der Waals surface area (Å²) in [5.41, 5.74) is 0. The van der Waals surface area contributed by atoms with Crippen LogP contribution in [0.2, 0.25) is 0 Å². The average Bonchev–Trinajstić information content (AvgIpc) is 3.11. The summed E-state index contributed by atoms with van der Waals surface area (Å²) in [6, 6.07) is 1.83. The zero-order valence-corrected chi connectivity index (χ0v) is 12.9. The van der Waals surface area contributed by atoms with Gasteiger partial charge in [-0.15, -0.1) is 0 Å². The van der Waals surface area contributed by atoms with Crippen LogP contribution >= 0.6 is 0 Å². The van der Waals surface area contributed by atoms with Gasteiger partial charge in [0.25, 0.3) is 0 Å². The molecule has 0 saturated carbocycles. The lowest BCUT2D eigenvalue weighted by Crippen LogP contribution is -2.38. The molecule has 1 fully saturated rings. The van der Waals surface area contributed by atoms with Crippen LogP contribution in [-0.4, -0.2) is 66.0 Å². The van der Waals surface area contributed by atoms with Gasteiger partial charge < -0.3 is 10.6 Å². The maximum absolute atomic E-state index is 12.3. The molecule has 130 valence electrons. The van der Waals surface area contributed by atoms with Gasteiger partial charge in [0.2, 0.25) is 5.91 Å². The Kier molecular flexibility index (Phi) is 6.40. The lowest BCUT2D eigenvalue weighted by atomic mass is 10.1. The van der Waals surface area contributed by atoms with Crippen LogP contribution in [0.15, 0.2) is 18.5 Å². The molecule has 1 aromatic rings. The lowest BCUT2D eigenvalue weighted by molar-refractivity contribution is -0.143. The predicted molar refractivity (Wildman–Crippen MR) is 78.7 cm³/mol. The molecule has 1 aliphatic heterocycles. The Hall–Kier alpha value is -1.61. The van der Waals surface area contributed by atoms with Gasteiger partial charge in [0.05, 0.1) is 19.6 Å². The van der Waals surface area contributed by atoms with Crippen molar-refractivity contribution in [1.29, 1.82) is 0 Å². The fourth-order valence-corrected chi connectivity index (χ4v) is 2.63. The van der Waals surface area contributed by atoms with E-state index < -0.39 is 12.7 Å². The molecule has 0 unspecified atom stereocenters. The number of amides is 1. The van der Waals surface area contributed by atoms with Crippen molar-refractivity contribution >= 4 is 5.91 Å². The number of halogens is 3. The van der Waals surface area contributed by atoms with Crippen LogP contribution < -0.4 is 10.6 Å². The summed E-state index contributed by atoms with van der Waals surface area (Å²) in [6.45, 7) is 1.86. The summed E-state index contributed by atoms with van der Waals surface area (Å²) in [4.78, 5) is 13.1. The van der Waals surface area contributed by atoms with E-state index in [1.807, 2.05) is 12.3 Å². The Balaban J connectivity index is 1.53. The minimum atomic E-state index is -4.16. The standard InChI is InChI=1S/C14H22F3N5O/c15-14(16,17)11-21-6-2-12(10-21)8-19-13(23)9-18-4-7-22-5-1-3-20-22/h1,3,5,12,18H,2,4,6-11H2,(H,19,23)/t12-/m0/s1. The zero-order valence-electron chi connectivity index (χ0n) is 12.9. The monoisotopic (exact) mass is 333 g/mol. The molecule has 23 heavy (non-hydrogen) atoms. The van der Waals surface area contributed by atoms with Gasteiger partial charge in [-0.25, -0.2) is 0 Å². The molecule has 1 aliphatic rings. The maximum Gasteiger partial charge on any atom is 0.401 e. The molecule has 0 aromatic carbocycles. The molecular weight excluding hydrogens is 311 g/mol. The molecule has 0 radical (unpaired) electrons. The number of aromatic nitrogens is 2. The van der Waals surface area contributed by atoms with Crippen molar-refractivity contribution in [1.82, 2.24) is 25.3 Å². The van der Waals surface area contributed by atoms with Gasteiger partial charge in [0.15, 0.2) is 0 Å². The number of nitrogens with zero attached hydrogens (tertiary/aromatic N) is 3. The summed E-state index contributed by atoms with van der Waals surface area (Å²) in [6.07, 6.45) is 0.0602. The molecule has 0 spiro atoms. The number of likely N-dealkylation sites (tertiary alicyclic amines) is 1. The number of hydrogen-bond acceptors (Lipinski definition) is 4. The molecule has 1 saturated heterocycles. The third-order valence-electron chi connectivity index (χ3n) is 3.72. The second-order valence-electron chi connectivity index (χ2n) is 5.75. The molecule has 9 heteroatoms. The molecule has 2 N–H and O–H groups in total. The van der Waals surface area contributed by atoms with Crippen molar-refractivity contribution in [3.8, 4) is 0 Å². The SMILES string of the molecule is O=C(CNCCn1cccn1)NC[C@@H]1CCN(CC(F)(F)F)C1. The molecule has 2 rings (SSSR count). The largest absolute Gasteiger partial charge is 0.401 e. The van der Waals surface area contributed by atoms with E-state index in [0.29, 0.717) is 39.1 Å². The molecule has 2 heterocycles. The van der Waals surface area contributed by atoms with E-state index in [0.717, 1.165) is 0 Å². The Morgan fingerprint density at radius 3 is 2.91 bits per heavy atom. The molecule has 0 aliphatic carbocycles. The van der Waals surface area contributed by atoms with Crippen LogP contribution in [0.4, 0.5) is 13.2 Å². The summed E-state index contributed by atoms with van der Waals surface area (Å²) in [7, 11) is 0. The third kappa shape index (κ3) is 7.00. The maximum atomic E-state index is 12.3. The van der Waals surface area contributed by atoms with E-state index in [4.69, 9.17) is 0 Å². The van der Waals surface area contributed by atoms with Gasteiger partial charge in [-0.05, 0) is 24.9 Å². The molecule has 1 amide bonds. The number of rotatable bonds is 8. The fraction of sp³-hybridized carbons (Fsp3) is 0.714. The summed E-state index contributed by atoms with van der Waals surface area (Å²) in [5.74, 6) is -0.0508. The highest BCUT2D eigenvalue weighted by Gasteiger charge is 2.34. The smallest absolute Gasteiger partial charge is 0.355 e. The van der Waals surface area contributed by atoms with Crippen LogP contribution in [0.3, 0.4) is 0 Å². The Labute approximate surface area is 133 Å². The van der Waals surface area contributed by atoms with Crippen LogP contribution in [0.5, 0.6) is 0 Å². The van der Waals surface area contributed by atoms with E-state index in [1.54, 1.807) is 10.9 Å². The van der Waals surface area contributed by atoms with Gasteiger partial charge in [-0.1, -0.05) is 0 Å². The number of carbonyl (C=O) groups is 1. The van der Waals surface area contributed by atoms with Gasteiger partial charge in [0.1, 0.15) is 0 Å². The average molecular weight is 333 g/mol. The quantitative estimate of drug-likeness (QED) is 0.679. The molecular formula is C14H22F3N5O. The highest BCUT2D eigenvalue weighted by Crippen LogP contribution is 2.22. The Morgan fingerprint density at radius 2 is 2.22 bits per heavy atom. The first-order valence-corrected chi connectivity index (χ1v) is 7.66. The Bertz CT molecular complexity index is 477. The van der Waals surface area contributed by atoms with Crippen molar-refractivity contribution in [3.05, 3.63) is 18.5 Å². The predicted octanol–water partition coefficient (Wildman–Crippen LogP) is 0.473. The van der Waals surface area contributed by atoms with E-state index in [1.165, 1.54) is 4.90 Å². The molecule has 1 aromatic heterocycles. The number of alkyl halides is 3. The van der Waals surface area contributed by atoms with Crippen molar-refractivity contribution in [2.24, 2.45) is 5.92 Å². The lowest BCUT2D eigenvalue weighted by Gasteiger charge is -2.18. The first kappa shape index (κ1) is 17.7. The van der Waals surface area contributed by atoms with E-state index in [2.05, 4.69) is 15.7 Å². The first-order valence-electron chi connectivity index (χ1n) is 7.66. The first-order chi connectivity index (χ1) is 10.9. The summed E-state index contributed by atoms with van der Waals surface area (Å²) in [5, 5.41) is 9.82. The second-order valence-corrected chi connectivity index (χ2v) is 5.75. The summed E-state index contributed by atoms with van der Waals surface area (Å²) >= 11 is 0. The molecule has 6 nitrogen and oxygen atoms in total. The highest BCUT2D eigenvalue weighted by molar-refractivity contribution is 5.77. The minimum absolute atomic E-state index is 0.0883.